The average molecular weight is 439 g/mol. The van der Waals surface area contributed by atoms with E-state index < -0.39 is 0 Å². The summed E-state index contributed by atoms with van der Waals surface area (Å²) in [6.45, 7) is 6.22. The van der Waals surface area contributed by atoms with Gasteiger partial charge in [0.15, 0.2) is 0 Å². The van der Waals surface area contributed by atoms with E-state index >= 15 is 0 Å². The molecule has 30 heavy (non-hydrogen) atoms. The molecule has 4 rings (SSSR count). The summed E-state index contributed by atoms with van der Waals surface area (Å²) < 4.78 is 7.26. The maximum atomic E-state index is 13.3. The van der Waals surface area contributed by atoms with Crippen LogP contribution in [0.1, 0.15) is 16.9 Å². The summed E-state index contributed by atoms with van der Waals surface area (Å²) in [4.78, 5) is 32.4. The first-order valence-corrected chi connectivity index (χ1v) is 10.4. The first kappa shape index (κ1) is 20.1. The lowest BCUT2D eigenvalue weighted by atomic mass is 10.2. The van der Waals surface area contributed by atoms with Crippen LogP contribution in [-0.4, -0.2) is 31.1 Å². The number of nitrogens with zero attached hydrogens (tertiary/aromatic N) is 3. The number of rotatable bonds is 6. The van der Waals surface area contributed by atoms with Crippen LogP contribution in [0.3, 0.4) is 0 Å². The summed E-state index contributed by atoms with van der Waals surface area (Å²) in [5.74, 6) is 0.814. The van der Waals surface area contributed by atoms with Crippen LogP contribution in [0.5, 0.6) is 0 Å². The predicted molar refractivity (Wildman–Crippen MR) is 122 cm³/mol. The molecule has 1 aliphatic rings. The number of aryl methyl sites for hydroxylation is 1. The van der Waals surface area contributed by atoms with Crippen LogP contribution in [0.15, 0.2) is 63.5 Å². The fourth-order valence-corrected chi connectivity index (χ4v) is 4.28. The number of furan rings is 1. The Morgan fingerprint density at radius 1 is 1.33 bits per heavy atom. The van der Waals surface area contributed by atoms with Crippen molar-refractivity contribution in [3.63, 3.8) is 0 Å². The van der Waals surface area contributed by atoms with Gasteiger partial charge in [0.2, 0.25) is 0 Å². The highest BCUT2D eigenvalue weighted by molar-refractivity contribution is 8.26. The Morgan fingerprint density at radius 3 is 2.90 bits per heavy atom. The van der Waals surface area contributed by atoms with Gasteiger partial charge >= 0.3 is 0 Å². The van der Waals surface area contributed by atoms with Crippen molar-refractivity contribution in [3.05, 3.63) is 81.5 Å². The minimum absolute atomic E-state index is 0.254. The van der Waals surface area contributed by atoms with Crippen LogP contribution in [0.4, 0.5) is 5.82 Å². The van der Waals surface area contributed by atoms with Crippen molar-refractivity contribution in [2.75, 3.05) is 11.9 Å². The van der Waals surface area contributed by atoms with E-state index in [-0.39, 0.29) is 17.0 Å². The van der Waals surface area contributed by atoms with E-state index in [4.69, 9.17) is 16.6 Å². The van der Waals surface area contributed by atoms with E-state index in [0.717, 1.165) is 17.3 Å². The fraction of sp³-hybridized carbons (Fsp3) is 0.143. The highest BCUT2D eigenvalue weighted by Gasteiger charge is 2.31. The number of carbonyl (C=O) groups excluding carboxylic acids is 1. The topological polar surface area (TPSA) is 79.8 Å². The molecular weight excluding hydrogens is 420 g/mol. The van der Waals surface area contributed by atoms with Gasteiger partial charge < -0.3 is 9.73 Å². The molecule has 3 aromatic rings. The zero-order valence-electron chi connectivity index (χ0n) is 16.1. The van der Waals surface area contributed by atoms with E-state index in [1.807, 2.05) is 19.1 Å². The van der Waals surface area contributed by atoms with Crippen molar-refractivity contribution in [2.24, 2.45) is 0 Å². The number of fused-ring (bicyclic) bond motifs is 1. The third-order valence-electron chi connectivity index (χ3n) is 4.48. The number of anilines is 1. The Labute approximate surface area is 182 Å². The monoisotopic (exact) mass is 438 g/mol. The van der Waals surface area contributed by atoms with Gasteiger partial charge in [-0.05, 0) is 36.8 Å². The molecule has 0 aliphatic carbocycles. The van der Waals surface area contributed by atoms with E-state index in [9.17, 15) is 9.59 Å². The van der Waals surface area contributed by atoms with E-state index in [1.165, 1.54) is 9.30 Å². The number of amides is 1. The number of hydrogen-bond donors (Lipinski definition) is 1. The van der Waals surface area contributed by atoms with Gasteiger partial charge in [0.25, 0.3) is 11.5 Å². The van der Waals surface area contributed by atoms with Crippen molar-refractivity contribution in [2.45, 2.75) is 13.5 Å². The molecule has 7 nitrogen and oxygen atoms in total. The average Bonchev–Trinajstić information content (AvgIpc) is 3.33. The zero-order valence-corrected chi connectivity index (χ0v) is 17.8. The molecule has 0 unspecified atom stereocenters. The van der Waals surface area contributed by atoms with Gasteiger partial charge in [-0.15, -0.1) is 6.58 Å². The predicted octanol–water partition coefficient (Wildman–Crippen LogP) is 3.60. The second kappa shape index (κ2) is 8.29. The van der Waals surface area contributed by atoms with Crippen LogP contribution in [-0.2, 0) is 11.3 Å². The number of hydrogen-bond acceptors (Lipinski definition) is 7. The van der Waals surface area contributed by atoms with Crippen LogP contribution in [0.2, 0.25) is 0 Å². The molecule has 0 atom stereocenters. The van der Waals surface area contributed by atoms with E-state index in [0.29, 0.717) is 39.5 Å². The Morgan fingerprint density at radius 2 is 2.17 bits per heavy atom. The van der Waals surface area contributed by atoms with Crippen LogP contribution >= 0.6 is 24.0 Å². The molecule has 9 heteroatoms. The Balaban J connectivity index is 1.82. The summed E-state index contributed by atoms with van der Waals surface area (Å²) >= 11 is 6.45. The van der Waals surface area contributed by atoms with Crippen molar-refractivity contribution < 1.29 is 9.21 Å². The number of aromatic nitrogens is 2. The Kier molecular flexibility index (Phi) is 5.56. The third-order valence-corrected chi connectivity index (χ3v) is 5.85. The van der Waals surface area contributed by atoms with Crippen molar-refractivity contribution in [1.29, 1.82) is 0 Å². The second-order valence-corrected chi connectivity index (χ2v) is 8.30. The molecule has 1 amide bonds. The largest absolute Gasteiger partial charge is 0.467 e. The van der Waals surface area contributed by atoms with Crippen LogP contribution in [0, 0.1) is 6.92 Å². The lowest BCUT2D eigenvalue weighted by molar-refractivity contribution is -0.121. The molecule has 0 bridgehead atoms. The fourth-order valence-electron chi connectivity index (χ4n) is 3.03. The molecule has 0 spiro atoms. The molecule has 0 radical (unpaired) electrons. The van der Waals surface area contributed by atoms with Gasteiger partial charge in [0, 0.05) is 12.7 Å². The summed E-state index contributed by atoms with van der Waals surface area (Å²) in [7, 11) is 0. The van der Waals surface area contributed by atoms with Gasteiger partial charge in [-0.1, -0.05) is 36.1 Å². The van der Waals surface area contributed by atoms with Crippen LogP contribution in [0.25, 0.3) is 11.7 Å². The maximum absolute atomic E-state index is 13.3. The van der Waals surface area contributed by atoms with Gasteiger partial charge in [-0.3, -0.25) is 18.9 Å². The molecule has 152 valence electrons. The lowest BCUT2D eigenvalue weighted by Gasteiger charge is -2.11. The number of nitrogens with one attached hydrogen (secondary N) is 1. The molecule has 1 fully saturated rings. The summed E-state index contributed by atoms with van der Waals surface area (Å²) in [6.07, 6.45) is 6.46. The van der Waals surface area contributed by atoms with Crippen molar-refractivity contribution >= 4 is 51.7 Å². The third kappa shape index (κ3) is 3.81. The number of carbonyl (C=O) groups is 1. The normalized spacial score (nSPS) is 15.4. The number of thioether (sulfide) groups is 1. The van der Waals surface area contributed by atoms with E-state index in [2.05, 4.69) is 16.9 Å². The highest BCUT2D eigenvalue weighted by atomic mass is 32.2. The first-order chi connectivity index (χ1) is 14.5. The van der Waals surface area contributed by atoms with Gasteiger partial charge in [-0.2, -0.15) is 0 Å². The van der Waals surface area contributed by atoms with E-state index in [1.54, 1.807) is 36.7 Å². The van der Waals surface area contributed by atoms with Gasteiger partial charge in [0.05, 0.1) is 23.3 Å². The standard InChI is InChI=1S/C21H18N4O3S2/c1-3-8-24-20(27)16(30-21(24)29)10-15-18(22-11-14-5-4-9-28-14)23-17-7-6-13(2)12-25(17)19(15)26/h3-7,9-10,12,22H,1,8,11H2,2H3. The molecule has 0 saturated carbocycles. The molecule has 4 heterocycles. The second-order valence-electron chi connectivity index (χ2n) is 6.63. The number of pyridine rings is 1. The molecule has 1 N–H and O–H groups in total. The molecule has 1 aliphatic heterocycles. The molecular formula is C21H18N4O3S2. The Hall–Kier alpha value is -3.17. The minimum Gasteiger partial charge on any atom is -0.467 e. The minimum atomic E-state index is -0.278. The SMILES string of the molecule is C=CCN1C(=O)C(=Cc2c(NCc3ccco3)nc3ccc(C)cn3c2=O)SC1=S. The quantitative estimate of drug-likeness (QED) is 0.358. The molecule has 0 aromatic carbocycles. The highest BCUT2D eigenvalue weighted by Crippen LogP contribution is 2.33. The summed E-state index contributed by atoms with van der Waals surface area (Å²) in [5.41, 5.74) is 1.43. The van der Waals surface area contributed by atoms with Gasteiger partial charge in [0.1, 0.15) is 21.5 Å². The lowest BCUT2D eigenvalue weighted by Crippen LogP contribution is -2.28. The maximum Gasteiger partial charge on any atom is 0.267 e. The van der Waals surface area contributed by atoms with Crippen molar-refractivity contribution in [1.82, 2.24) is 14.3 Å². The smallest absolute Gasteiger partial charge is 0.267 e. The van der Waals surface area contributed by atoms with Crippen molar-refractivity contribution in [3.8, 4) is 0 Å². The summed E-state index contributed by atoms with van der Waals surface area (Å²) in [5, 5.41) is 3.15. The molecule has 1 saturated heterocycles. The zero-order chi connectivity index (χ0) is 21.3. The van der Waals surface area contributed by atoms with Gasteiger partial charge in [-0.25, -0.2) is 4.98 Å². The first-order valence-electron chi connectivity index (χ1n) is 9.13. The summed E-state index contributed by atoms with van der Waals surface area (Å²) in [6, 6.07) is 7.28. The molecule has 3 aromatic heterocycles. The number of thiocarbonyl (C=S) groups is 1. The van der Waals surface area contributed by atoms with Crippen LogP contribution < -0.4 is 10.9 Å². The Bertz CT molecular complexity index is 1250.